The van der Waals surface area contributed by atoms with Gasteiger partial charge in [0.2, 0.25) is 5.91 Å². The van der Waals surface area contributed by atoms with E-state index < -0.39 is 0 Å². The molecule has 1 unspecified atom stereocenters. The summed E-state index contributed by atoms with van der Waals surface area (Å²) in [6, 6.07) is 10.5. The molecule has 0 radical (unpaired) electrons. The number of hydrogen-bond donors (Lipinski definition) is 1. The summed E-state index contributed by atoms with van der Waals surface area (Å²) in [5.74, 6) is 0.0966. The van der Waals surface area contributed by atoms with E-state index in [-0.39, 0.29) is 11.9 Å². The van der Waals surface area contributed by atoms with Gasteiger partial charge in [0.1, 0.15) is 0 Å². The van der Waals surface area contributed by atoms with Gasteiger partial charge in [0, 0.05) is 4.88 Å². The zero-order chi connectivity index (χ0) is 14.5. The highest BCUT2D eigenvalue weighted by Gasteiger charge is 2.15. The second-order valence-electron chi connectivity index (χ2n) is 5.14. The molecule has 0 bridgehead atoms. The van der Waals surface area contributed by atoms with Crippen molar-refractivity contribution < 1.29 is 4.79 Å². The molecule has 2 rings (SSSR count). The molecule has 1 N–H and O–H groups in total. The second kappa shape index (κ2) is 6.71. The van der Waals surface area contributed by atoms with Crippen LogP contribution in [-0.4, -0.2) is 5.91 Å². The van der Waals surface area contributed by atoms with Gasteiger partial charge in [-0.1, -0.05) is 36.8 Å². The first-order chi connectivity index (χ1) is 9.60. The van der Waals surface area contributed by atoms with Gasteiger partial charge in [-0.05, 0) is 42.8 Å². The Hall–Kier alpha value is -1.61. The van der Waals surface area contributed by atoms with E-state index >= 15 is 0 Å². The molecule has 0 saturated carbocycles. The third-order valence-electron chi connectivity index (χ3n) is 3.46. The van der Waals surface area contributed by atoms with Crippen LogP contribution >= 0.6 is 11.3 Å². The van der Waals surface area contributed by atoms with Gasteiger partial charge in [0.05, 0.1) is 12.5 Å². The van der Waals surface area contributed by atoms with Gasteiger partial charge < -0.3 is 5.32 Å². The Morgan fingerprint density at radius 1 is 1.30 bits per heavy atom. The van der Waals surface area contributed by atoms with Crippen molar-refractivity contribution in [3.63, 3.8) is 0 Å². The summed E-state index contributed by atoms with van der Waals surface area (Å²) in [6.45, 7) is 6.30. The summed E-state index contributed by atoms with van der Waals surface area (Å²) in [7, 11) is 0. The first-order valence-corrected chi connectivity index (χ1v) is 7.87. The molecule has 0 aliphatic heterocycles. The van der Waals surface area contributed by atoms with Crippen molar-refractivity contribution >= 4 is 17.2 Å². The van der Waals surface area contributed by atoms with Crippen LogP contribution in [-0.2, 0) is 11.2 Å². The van der Waals surface area contributed by atoms with Gasteiger partial charge in [0.15, 0.2) is 0 Å². The highest BCUT2D eigenvalue weighted by atomic mass is 32.1. The number of thiophene rings is 1. The predicted molar refractivity (Wildman–Crippen MR) is 85.1 cm³/mol. The fraction of sp³-hybridized carbons (Fsp3) is 0.353. The second-order valence-corrected chi connectivity index (χ2v) is 6.18. The number of amides is 1. The minimum atomic E-state index is 0.0966. The van der Waals surface area contributed by atoms with Gasteiger partial charge in [-0.3, -0.25) is 4.79 Å². The van der Waals surface area contributed by atoms with Gasteiger partial charge in [-0.25, -0.2) is 0 Å². The molecule has 0 aliphatic rings. The third kappa shape index (κ3) is 3.70. The zero-order valence-electron chi connectivity index (χ0n) is 12.3. The maximum atomic E-state index is 12.1. The van der Waals surface area contributed by atoms with Crippen LogP contribution < -0.4 is 5.32 Å². The van der Waals surface area contributed by atoms with Crippen LogP contribution in [0.1, 0.15) is 41.0 Å². The maximum Gasteiger partial charge on any atom is 0.225 e. The molecular formula is C17H21NOS. The fourth-order valence-corrected chi connectivity index (χ4v) is 3.14. The maximum absolute atomic E-state index is 12.1. The number of carbonyl (C=O) groups is 1. The summed E-state index contributed by atoms with van der Waals surface area (Å²) in [5.41, 5.74) is 3.72. The van der Waals surface area contributed by atoms with E-state index in [0.29, 0.717) is 6.42 Å². The molecule has 0 aliphatic carbocycles. The van der Waals surface area contributed by atoms with E-state index in [1.807, 2.05) is 17.5 Å². The number of benzene rings is 1. The molecule has 1 aromatic carbocycles. The lowest BCUT2D eigenvalue weighted by atomic mass is 9.97. The number of hydrogen-bond acceptors (Lipinski definition) is 2. The molecule has 1 heterocycles. The summed E-state index contributed by atoms with van der Waals surface area (Å²) in [5, 5.41) is 5.15. The summed E-state index contributed by atoms with van der Waals surface area (Å²) >= 11 is 1.63. The molecule has 106 valence electrons. The van der Waals surface area contributed by atoms with Gasteiger partial charge in [0.25, 0.3) is 0 Å². The molecule has 0 spiro atoms. The average molecular weight is 287 g/mol. The highest BCUT2D eigenvalue weighted by molar-refractivity contribution is 7.10. The van der Waals surface area contributed by atoms with Gasteiger partial charge in [-0.15, -0.1) is 11.3 Å². The number of aryl methyl sites for hydroxylation is 2. The summed E-state index contributed by atoms with van der Waals surface area (Å²) < 4.78 is 0. The van der Waals surface area contributed by atoms with Crippen LogP contribution in [0.2, 0.25) is 0 Å². The van der Waals surface area contributed by atoms with Crippen LogP contribution in [0, 0.1) is 13.8 Å². The van der Waals surface area contributed by atoms with E-state index in [0.717, 1.165) is 11.3 Å². The first kappa shape index (κ1) is 14.8. The molecule has 2 nitrogen and oxygen atoms in total. The Bertz CT molecular complexity index is 575. The molecule has 0 fully saturated rings. The summed E-state index contributed by atoms with van der Waals surface area (Å²) in [4.78, 5) is 13.2. The SMILES string of the molecule is CCC(NC(=O)Cc1cccs1)c1ccc(C)cc1C. The Kier molecular flexibility index (Phi) is 4.96. The highest BCUT2D eigenvalue weighted by Crippen LogP contribution is 2.22. The Morgan fingerprint density at radius 3 is 2.70 bits per heavy atom. The van der Waals surface area contributed by atoms with E-state index in [9.17, 15) is 4.79 Å². The van der Waals surface area contributed by atoms with Crippen molar-refractivity contribution in [2.75, 3.05) is 0 Å². The number of rotatable bonds is 5. The van der Waals surface area contributed by atoms with Crippen molar-refractivity contribution in [2.45, 2.75) is 39.7 Å². The zero-order valence-corrected chi connectivity index (χ0v) is 13.1. The molecule has 0 saturated heterocycles. The van der Waals surface area contributed by atoms with E-state index in [1.54, 1.807) is 11.3 Å². The van der Waals surface area contributed by atoms with Crippen LogP contribution in [0.15, 0.2) is 35.7 Å². The van der Waals surface area contributed by atoms with Gasteiger partial charge >= 0.3 is 0 Å². The molecule has 1 amide bonds. The number of nitrogens with one attached hydrogen (secondary N) is 1. The molecule has 20 heavy (non-hydrogen) atoms. The molecule has 3 heteroatoms. The fourth-order valence-electron chi connectivity index (χ4n) is 2.43. The van der Waals surface area contributed by atoms with Crippen molar-refractivity contribution in [1.82, 2.24) is 5.32 Å². The van der Waals surface area contributed by atoms with Crippen molar-refractivity contribution in [3.8, 4) is 0 Å². The minimum absolute atomic E-state index is 0.0966. The average Bonchev–Trinajstić information content (AvgIpc) is 2.89. The van der Waals surface area contributed by atoms with Crippen molar-refractivity contribution in [3.05, 3.63) is 57.3 Å². The normalized spacial score (nSPS) is 12.2. The first-order valence-electron chi connectivity index (χ1n) is 6.99. The topological polar surface area (TPSA) is 29.1 Å². The van der Waals surface area contributed by atoms with Crippen LogP contribution in [0.25, 0.3) is 0 Å². The molecular weight excluding hydrogens is 266 g/mol. The quantitative estimate of drug-likeness (QED) is 0.878. The Balaban J connectivity index is 2.06. The van der Waals surface area contributed by atoms with Crippen molar-refractivity contribution in [1.29, 1.82) is 0 Å². The van der Waals surface area contributed by atoms with E-state index in [2.05, 4.69) is 44.3 Å². The van der Waals surface area contributed by atoms with E-state index in [1.165, 1.54) is 16.7 Å². The monoisotopic (exact) mass is 287 g/mol. The lowest BCUT2D eigenvalue weighted by Crippen LogP contribution is -2.29. The summed E-state index contributed by atoms with van der Waals surface area (Å²) in [6.07, 6.45) is 1.37. The third-order valence-corrected chi connectivity index (χ3v) is 4.34. The Labute approximate surface area is 124 Å². The Morgan fingerprint density at radius 2 is 2.10 bits per heavy atom. The standard InChI is InChI=1S/C17H21NOS/c1-4-16(15-8-7-12(2)10-13(15)3)18-17(19)11-14-6-5-9-20-14/h5-10,16H,4,11H2,1-3H3,(H,18,19). The van der Waals surface area contributed by atoms with Crippen LogP contribution in [0.5, 0.6) is 0 Å². The van der Waals surface area contributed by atoms with Crippen molar-refractivity contribution in [2.24, 2.45) is 0 Å². The number of carbonyl (C=O) groups excluding carboxylic acids is 1. The smallest absolute Gasteiger partial charge is 0.225 e. The van der Waals surface area contributed by atoms with Crippen LogP contribution in [0.4, 0.5) is 0 Å². The van der Waals surface area contributed by atoms with Gasteiger partial charge in [-0.2, -0.15) is 0 Å². The molecule has 1 aromatic heterocycles. The van der Waals surface area contributed by atoms with E-state index in [4.69, 9.17) is 0 Å². The largest absolute Gasteiger partial charge is 0.349 e. The molecule has 1 atom stereocenters. The lowest BCUT2D eigenvalue weighted by molar-refractivity contribution is -0.121. The van der Waals surface area contributed by atoms with Crippen LogP contribution in [0.3, 0.4) is 0 Å². The molecule has 2 aromatic rings. The predicted octanol–water partition coefficient (Wildman–Crippen LogP) is 4.17. The lowest BCUT2D eigenvalue weighted by Gasteiger charge is -2.20. The minimum Gasteiger partial charge on any atom is -0.349 e.